The van der Waals surface area contributed by atoms with Crippen molar-refractivity contribution in [1.29, 1.82) is 5.26 Å². The zero-order chi connectivity index (χ0) is 13.0. The normalized spacial score (nSPS) is 16.3. The van der Waals surface area contributed by atoms with Crippen LogP contribution in [0.25, 0.3) is 0 Å². The van der Waals surface area contributed by atoms with Crippen molar-refractivity contribution in [2.45, 2.75) is 12.8 Å². The van der Waals surface area contributed by atoms with Crippen LogP contribution in [-0.2, 0) is 0 Å². The first-order valence-corrected chi connectivity index (χ1v) is 6.33. The summed E-state index contributed by atoms with van der Waals surface area (Å²) in [5.41, 5.74) is 0.838. The Kier molecular flexibility index (Phi) is 4.16. The number of nitriles is 1. The topological polar surface area (TPSA) is 39.1 Å². The highest BCUT2D eigenvalue weighted by atomic mass is 19.1. The first-order valence-electron chi connectivity index (χ1n) is 6.33. The van der Waals surface area contributed by atoms with Gasteiger partial charge in [0.15, 0.2) is 0 Å². The molecule has 0 unspecified atom stereocenters. The SMILES string of the molecule is CN(CC1CCNCC1)c1cccc(F)c1C#N. The van der Waals surface area contributed by atoms with Crippen LogP contribution in [0.4, 0.5) is 10.1 Å². The van der Waals surface area contributed by atoms with E-state index in [1.165, 1.54) is 6.07 Å². The molecule has 1 fully saturated rings. The van der Waals surface area contributed by atoms with Crippen molar-refractivity contribution in [3.63, 3.8) is 0 Å². The second kappa shape index (κ2) is 5.83. The molecule has 4 heteroatoms. The van der Waals surface area contributed by atoms with Gasteiger partial charge in [0.05, 0.1) is 5.69 Å². The average Bonchev–Trinajstić information content (AvgIpc) is 2.39. The summed E-state index contributed by atoms with van der Waals surface area (Å²) in [6.07, 6.45) is 2.28. The highest BCUT2D eigenvalue weighted by molar-refractivity contribution is 5.59. The number of halogens is 1. The molecule has 3 nitrogen and oxygen atoms in total. The Bertz CT molecular complexity index is 447. The first kappa shape index (κ1) is 12.8. The predicted octanol–water partition coefficient (Wildman–Crippen LogP) is 2.13. The second-order valence-electron chi connectivity index (χ2n) is 4.82. The van der Waals surface area contributed by atoms with Crippen LogP contribution in [0.3, 0.4) is 0 Å². The molecule has 96 valence electrons. The van der Waals surface area contributed by atoms with Gasteiger partial charge in [0.1, 0.15) is 17.4 Å². The molecule has 1 aliphatic heterocycles. The predicted molar refractivity (Wildman–Crippen MR) is 70.0 cm³/mol. The minimum Gasteiger partial charge on any atom is -0.373 e. The zero-order valence-corrected chi connectivity index (χ0v) is 10.6. The third-order valence-corrected chi connectivity index (χ3v) is 3.51. The lowest BCUT2D eigenvalue weighted by atomic mass is 9.97. The van der Waals surface area contributed by atoms with E-state index < -0.39 is 5.82 Å². The molecule has 0 spiro atoms. The molecule has 0 bridgehead atoms. The van der Waals surface area contributed by atoms with Gasteiger partial charge < -0.3 is 10.2 Å². The van der Waals surface area contributed by atoms with E-state index in [-0.39, 0.29) is 5.56 Å². The molecule has 1 aliphatic rings. The van der Waals surface area contributed by atoms with E-state index >= 15 is 0 Å². The van der Waals surface area contributed by atoms with Crippen molar-refractivity contribution in [3.8, 4) is 6.07 Å². The van der Waals surface area contributed by atoms with E-state index in [1.54, 1.807) is 6.07 Å². The number of anilines is 1. The third kappa shape index (κ3) is 2.80. The molecular weight excluding hydrogens is 229 g/mol. The summed E-state index contributed by atoms with van der Waals surface area (Å²) < 4.78 is 13.5. The van der Waals surface area contributed by atoms with Gasteiger partial charge in [0.25, 0.3) is 0 Å². The summed E-state index contributed by atoms with van der Waals surface area (Å²) in [6, 6.07) is 6.75. The van der Waals surface area contributed by atoms with Crippen molar-refractivity contribution < 1.29 is 4.39 Å². The van der Waals surface area contributed by atoms with Gasteiger partial charge in [0.2, 0.25) is 0 Å². The van der Waals surface area contributed by atoms with Crippen LogP contribution in [0.1, 0.15) is 18.4 Å². The Morgan fingerprint density at radius 3 is 2.83 bits per heavy atom. The van der Waals surface area contributed by atoms with Crippen LogP contribution in [-0.4, -0.2) is 26.7 Å². The summed E-state index contributed by atoms with van der Waals surface area (Å²) in [4.78, 5) is 2.00. The molecule has 1 aromatic carbocycles. The van der Waals surface area contributed by atoms with Crippen LogP contribution in [0.2, 0.25) is 0 Å². The Labute approximate surface area is 107 Å². The Hall–Kier alpha value is -1.60. The van der Waals surface area contributed by atoms with Gasteiger partial charge in [-0.3, -0.25) is 0 Å². The second-order valence-corrected chi connectivity index (χ2v) is 4.82. The smallest absolute Gasteiger partial charge is 0.143 e. The Morgan fingerprint density at radius 2 is 2.17 bits per heavy atom. The van der Waals surface area contributed by atoms with E-state index in [9.17, 15) is 4.39 Å². The third-order valence-electron chi connectivity index (χ3n) is 3.51. The van der Waals surface area contributed by atoms with Crippen LogP contribution in [0.15, 0.2) is 18.2 Å². The molecule has 0 aromatic heterocycles. The van der Waals surface area contributed by atoms with Gasteiger partial charge in [-0.25, -0.2) is 4.39 Å². The number of piperidine rings is 1. The largest absolute Gasteiger partial charge is 0.373 e. The number of hydrogen-bond donors (Lipinski definition) is 1. The fraction of sp³-hybridized carbons (Fsp3) is 0.500. The van der Waals surface area contributed by atoms with E-state index in [0.29, 0.717) is 11.6 Å². The molecule has 18 heavy (non-hydrogen) atoms. The van der Waals surface area contributed by atoms with Crippen LogP contribution in [0, 0.1) is 23.1 Å². The summed E-state index contributed by atoms with van der Waals surface area (Å²) in [6.45, 7) is 2.97. The lowest BCUT2D eigenvalue weighted by molar-refractivity contribution is 0.378. The lowest BCUT2D eigenvalue weighted by Crippen LogP contribution is -2.34. The fourth-order valence-corrected chi connectivity index (χ4v) is 2.49. The molecule has 1 saturated heterocycles. The van der Waals surface area contributed by atoms with Crippen LogP contribution >= 0.6 is 0 Å². The molecule has 1 aromatic rings. The number of hydrogen-bond acceptors (Lipinski definition) is 3. The van der Waals surface area contributed by atoms with Gasteiger partial charge in [0, 0.05) is 13.6 Å². The summed E-state index contributed by atoms with van der Waals surface area (Å²) in [7, 11) is 1.93. The number of benzene rings is 1. The van der Waals surface area contributed by atoms with Crippen molar-refractivity contribution in [2.24, 2.45) is 5.92 Å². The quantitative estimate of drug-likeness (QED) is 0.889. The number of nitrogens with zero attached hydrogens (tertiary/aromatic N) is 2. The van der Waals surface area contributed by atoms with E-state index in [2.05, 4.69) is 5.32 Å². The van der Waals surface area contributed by atoms with Gasteiger partial charge in [-0.05, 0) is 44.0 Å². The van der Waals surface area contributed by atoms with Crippen molar-refractivity contribution >= 4 is 5.69 Å². The van der Waals surface area contributed by atoms with Gasteiger partial charge in [-0.2, -0.15) is 5.26 Å². The molecule has 1 heterocycles. The van der Waals surface area contributed by atoms with Gasteiger partial charge >= 0.3 is 0 Å². The highest BCUT2D eigenvalue weighted by Gasteiger charge is 2.18. The Morgan fingerprint density at radius 1 is 1.44 bits per heavy atom. The maximum absolute atomic E-state index is 13.5. The number of rotatable bonds is 3. The zero-order valence-electron chi connectivity index (χ0n) is 10.6. The van der Waals surface area contributed by atoms with Crippen LogP contribution < -0.4 is 10.2 Å². The van der Waals surface area contributed by atoms with Gasteiger partial charge in [-0.15, -0.1) is 0 Å². The van der Waals surface area contributed by atoms with E-state index in [1.807, 2.05) is 24.1 Å². The van der Waals surface area contributed by atoms with Crippen LogP contribution in [0.5, 0.6) is 0 Å². The molecule has 0 radical (unpaired) electrons. The monoisotopic (exact) mass is 247 g/mol. The van der Waals surface area contributed by atoms with Gasteiger partial charge in [-0.1, -0.05) is 6.07 Å². The molecule has 1 N–H and O–H groups in total. The molecule has 0 amide bonds. The lowest BCUT2D eigenvalue weighted by Gasteiger charge is -2.29. The minimum atomic E-state index is -0.438. The van der Waals surface area contributed by atoms with Crippen molar-refractivity contribution in [2.75, 3.05) is 31.6 Å². The molecule has 0 atom stereocenters. The van der Waals surface area contributed by atoms with Crippen molar-refractivity contribution in [1.82, 2.24) is 5.32 Å². The average molecular weight is 247 g/mol. The Balaban J connectivity index is 2.11. The highest BCUT2D eigenvalue weighted by Crippen LogP contribution is 2.23. The first-order chi connectivity index (χ1) is 8.72. The molecular formula is C14H18FN3. The van der Waals surface area contributed by atoms with E-state index in [0.717, 1.165) is 32.5 Å². The maximum Gasteiger partial charge on any atom is 0.143 e. The summed E-state index contributed by atoms with van der Waals surface area (Å²) in [5, 5.41) is 12.4. The number of nitrogens with one attached hydrogen (secondary N) is 1. The van der Waals surface area contributed by atoms with Crippen molar-refractivity contribution in [3.05, 3.63) is 29.6 Å². The molecule has 2 rings (SSSR count). The standard InChI is InChI=1S/C14H18FN3/c1-18(10-11-5-7-17-8-6-11)14-4-2-3-13(15)12(14)9-16/h2-4,11,17H,5-8,10H2,1H3. The maximum atomic E-state index is 13.5. The molecule has 0 aliphatic carbocycles. The molecule has 0 saturated carbocycles. The fourth-order valence-electron chi connectivity index (χ4n) is 2.49. The minimum absolute atomic E-state index is 0.147. The summed E-state index contributed by atoms with van der Waals surface area (Å²) in [5.74, 6) is 0.179. The van der Waals surface area contributed by atoms with E-state index in [4.69, 9.17) is 5.26 Å². The summed E-state index contributed by atoms with van der Waals surface area (Å²) >= 11 is 0.